The first-order valence-electron chi connectivity index (χ1n) is 8.91. The van der Waals surface area contributed by atoms with Crippen LogP contribution in [-0.2, 0) is 14.8 Å². The van der Waals surface area contributed by atoms with Crippen molar-refractivity contribution < 1.29 is 13.2 Å². The van der Waals surface area contributed by atoms with Crippen LogP contribution in [0.4, 0.5) is 0 Å². The minimum absolute atomic E-state index is 0.0459. The summed E-state index contributed by atoms with van der Waals surface area (Å²) in [6.07, 6.45) is 6.36. The number of hydrogen-bond donors (Lipinski definition) is 1. The van der Waals surface area contributed by atoms with E-state index in [2.05, 4.69) is 9.82 Å². The Kier molecular flexibility index (Phi) is 5.05. The highest BCUT2D eigenvalue weighted by Gasteiger charge is 2.34. The molecule has 0 atom stereocenters. The summed E-state index contributed by atoms with van der Waals surface area (Å²) >= 11 is 6.03. The summed E-state index contributed by atoms with van der Waals surface area (Å²) in [4.78, 5) is 0.232. The van der Waals surface area contributed by atoms with Gasteiger partial charge in [-0.3, -0.25) is 4.68 Å². The van der Waals surface area contributed by atoms with Gasteiger partial charge >= 0.3 is 0 Å². The van der Waals surface area contributed by atoms with Crippen LogP contribution in [0, 0.1) is 0 Å². The second kappa shape index (κ2) is 7.31. The fourth-order valence-electron chi connectivity index (χ4n) is 3.64. The molecule has 2 fully saturated rings. The monoisotopic (exact) mass is 395 g/mol. The lowest BCUT2D eigenvalue weighted by Crippen LogP contribution is -2.43. The molecule has 0 spiro atoms. The Hall–Kier alpha value is -1.41. The molecular weight excluding hydrogens is 374 g/mol. The number of aromatic nitrogens is 2. The molecule has 0 bridgehead atoms. The lowest BCUT2D eigenvalue weighted by Gasteiger charge is -2.35. The van der Waals surface area contributed by atoms with Crippen molar-refractivity contribution >= 4 is 21.6 Å². The van der Waals surface area contributed by atoms with E-state index >= 15 is 0 Å². The summed E-state index contributed by atoms with van der Waals surface area (Å²) in [7, 11) is -3.54. The average Bonchev–Trinajstić information content (AvgIpc) is 3.10. The summed E-state index contributed by atoms with van der Waals surface area (Å²) in [6, 6.07) is 7.94. The molecule has 1 aliphatic carbocycles. The molecule has 1 aromatic carbocycles. The van der Waals surface area contributed by atoms with E-state index in [4.69, 9.17) is 16.3 Å². The third-order valence-electron chi connectivity index (χ3n) is 5.23. The van der Waals surface area contributed by atoms with Gasteiger partial charge in [0, 0.05) is 30.5 Å². The molecule has 140 valence electrons. The predicted octanol–water partition coefficient (Wildman–Crippen LogP) is 3.11. The van der Waals surface area contributed by atoms with Crippen molar-refractivity contribution in [3.63, 3.8) is 0 Å². The van der Waals surface area contributed by atoms with E-state index in [1.165, 1.54) is 11.8 Å². The van der Waals surface area contributed by atoms with Gasteiger partial charge in [0.1, 0.15) is 4.90 Å². The zero-order valence-corrected chi connectivity index (χ0v) is 15.9. The van der Waals surface area contributed by atoms with Gasteiger partial charge in [0.2, 0.25) is 10.0 Å². The number of halogens is 1. The van der Waals surface area contributed by atoms with Crippen molar-refractivity contribution in [1.82, 2.24) is 14.5 Å². The van der Waals surface area contributed by atoms with Gasteiger partial charge in [0.25, 0.3) is 0 Å². The third-order valence-corrected chi connectivity index (χ3v) is 6.94. The van der Waals surface area contributed by atoms with Gasteiger partial charge < -0.3 is 4.74 Å². The van der Waals surface area contributed by atoms with E-state index in [9.17, 15) is 8.42 Å². The zero-order valence-electron chi connectivity index (χ0n) is 14.3. The van der Waals surface area contributed by atoms with Crippen molar-refractivity contribution in [2.24, 2.45) is 0 Å². The maximum absolute atomic E-state index is 12.6. The van der Waals surface area contributed by atoms with Crippen molar-refractivity contribution in [2.75, 3.05) is 13.2 Å². The summed E-state index contributed by atoms with van der Waals surface area (Å²) in [6.45, 7) is 1.38. The van der Waals surface area contributed by atoms with Gasteiger partial charge in [-0.05, 0) is 49.3 Å². The molecule has 6 nitrogen and oxygen atoms in total. The van der Waals surface area contributed by atoms with E-state index in [-0.39, 0.29) is 17.0 Å². The Balaban J connectivity index is 1.37. The van der Waals surface area contributed by atoms with Gasteiger partial charge in [0.05, 0.1) is 12.2 Å². The highest BCUT2D eigenvalue weighted by atomic mass is 35.5. The molecule has 0 radical (unpaired) electrons. The van der Waals surface area contributed by atoms with Crippen molar-refractivity contribution in [3.8, 4) is 0 Å². The van der Waals surface area contributed by atoms with Gasteiger partial charge in [-0.15, -0.1) is 0 Å². The van der Waals surface area contributed by atoms with E-state index in [0.717, 1.165) is 25.7 Å². The molecule has 1 N–H and O–H groups in total. The third kappa shape index (κ3) is 3.81. The van der Waals surface area contributed by atoms with E-state index in [0.29, 0.717) is 24.2 Å². The molecule has 2 heterocycles. The van der Waals surface area contributed by atoms with Crippen LogP contribution >= 0.6 is 11.6 Å². The van der Waals surface area contributed by atoms with Crippen LogP contribution in [0.15, 0.2) is 41.6 Å². The first kappa shape index (κ1) is 18.0. The molecule has 26 heavy (non-hydrogen) atoms. The van der Waals surface area contributed by atoms with E-state index < -0.39 is 10.0 Å². The van der Waals surface area contributed by atoms with Crippen LogP contribution in [0.25, 0.3) is 0 Å². The highest BCUT2D eigenvalue weighted by molar-refractivity contribution is 7.89. The second-order valence-electron chi connectivity index (χ2n) is 7.04. The molecule has 1 saturated carbocycles. The summed E-state index contributed by atoms with van der Waals surface area (Å²) in [5.41, 5.74) is 1.17. The normalized spacial score (nSPS) is 24.3. The van der Waals surface area contributed by atoms with E-state index in [1.54, 1.807) is 10.9 Å². The molecule has 2 aliphatic rings. The Bertz CT molecular complexity index is 871. The van der Waals surface area contributed by atoms with Crippen LogP contribution in [-0.4, -0.2) is 37.5 Å². The fourth-order valence-corrected chi connectivity index (χ4v) is 5.04. The van der Waals surface area contributed by atoms with Crippen LogP contribution in [0.3, 0.4) is 0 Å². The Morgan fingerprint density at radius 1 is 1.23 bits per heavy atom. The Morgan fingerprint density at radius 3 is 2.73 bits per heavy atom. The number of nitrogens with zero attached hydrogens (tertiary/aromatic N) is 2. The highest BCUT2D eigenvalue weighted by Crippen LogP contribution is 2.38. The number of rotatable bonds is 5. The first-order chi connectivity index (χ1) is 12.5. The SMILES string of the molecule is O=S(=O)(NC1CC(c2cccc(Cl)c2)C1)c1cnn(C2CCOCC2)c1. The Labute approximate surface area is 158 Å². The fraction of sp³-hybridized carbons (Fsp3) is 0.500. The van der Waals surface area contributed by atoms with Gasteiger partial charge in [-0.2, -0.15) is 5.10 Å². The number of nitrogens with one attached hydrogen (secondary N) is 1. The van der Waals surface area contributed by atoms with Crippen LogP contribution in [0.1, 0.15) is 43.2 Å². The molecule has 1 saturated heterocycles. The molecule has 2 aromatic rings. The number of sulfonamides is 1. The van der Waals surface area contributed by atoms with Crippen molar-refractivity contribution in [3.05, 3.63) is 47.2 Å². The van der Waals surface area contributed by atoms with Crippen LogP contribution < -0.4 is 4.72 Å². The summed E-state index contributed by atoms with van der Waals surface area (Å²) < 4.78 is 35.1. The zero-order chi connectivity index (χ0) is 18.1. The maximum atomic E-state index is 12.6. The number of ether oxygens (including phenoxy) is 1. The predicted molar refractivity (Wildman–Crippen MR) is 98.9 cm³/mol. The van der Waals surface area contributed by atoms with Crippen molar-refractivity contribution in [2.45, 2.75) is 48.6 Å². The molecule has 1 aromatic heterocycles. The topological polar surface area (TPSA) is 73.2 Å². The largest absolute Gasteiger partial charge is 0.381 e. The second-order valence-corrected chi connectivity index (χ2v) is 9.19. The van der Waals surface area contributed by atoms with Crippen LogP contribution in [0.5, 0.6) is 0 Å². The maximum Gasteiger partial charge on any atom is 0.243 e. The Morgan fingerprint density at radius 2 is 2.00 bits per heavy atom. The van der Waals surface area contributed by atoms with Gasteiger partial charge in [-0.1, -0.05) is 23.7 Å². The minimum atomic E-state index is -3.54. The molecule has 1 aliphatic heterocycles. The average molecular weight is 396 g/mol. The molecule has 0 unspecified atom stereocenters. The summed E-state index contributed by atoms with van der Waals surface area (Å²) in [5.74, 6) is 0.353. The molecule has 4 rings (SSSR count). The quantitative estimate of drug-likeness (QED) is 0.844. The van der Waals surface area contributed by atoms with Gasteiger partial charge in [-0.25, -0.2) is 13.1 Å². The van der Waals surface area contributed by atoms with Crippen molar-refractivity contribution in [1.29, 1.82) is 0 Å². The standard InChI is InChI=1S/C18H22ClN3O3S/c19-15-3-1-2-13(8-15)14-9-16(10-14)21-26(23,24)18-11-20-22(12-18)17-4-6-25-7-5-17/h1-3,8,11-12,14,16-17,21H,4-7,9-10H2. The molecule has 0 amide bonds. The summed E-state index contributed by atoms with van der Waals surface area (Å²) in [5, 5.41) is 4.97. The minimum Gasteiger partial charge on any atom is -0.381 e. The van der Waals surface area contributed by atoms with E-state index in [1.807, 2.05) is 24.3 Å². The van der Waals surface area contributed by atoms with Crippen LogP contribution in [0.2, 0.25) is 5.02 Å². The van der Waals surface area contributed by atoms with Gasteiger partial charge in [0.15, 0.2) is 0 Å². The lowest BCUT2D eigenvalue weighted by molar-refractivity contribution is 0.0662. The first-order valence-corrected chi connectivity index (χ1v) is 10.8. The molecule has 8 heteroatoms. The smallest absolute Gasteiger partial charge is 0.243 e. The number of hydrogen-bond acceptors (Lipinski definition) is 4. The lowest BCUT2D eigenvalue weighted by atomic mass is 9.76. The number of benzene rings is 1. The molecular formula is C18H22ClN3O3S.